The van der Waals surface area contributed by atoms with Crippen molar-refractivity contribution in [2.24, 2.45) is 0 Å². The fourth-order valence-corrected chi connectivity index (χ4v) is 1.60. The molecule has 0 radical (unpaired) electrons. The summed E-state index contributed by atoms with van der Waals surface area (Å²) < 4.78 is 10.4. The number of hydrogen-bond donors (Lipinski definition) is 2. The number of esters is 1. The Balaban J connectivity index is 2.30. The summed E-state index contributed by atoms with van der Waals surface area (Å²) in [5, 5.41) is 4.62. The van der Waals surface area contributed by atoms with Crippen molar-refractivity contribution in [3.63, 3.8) is 0 Å². The number of hydrogen-bond acceptors (Lipinski definition) is 5. The molecular formula is C14H17BrN2O5. The first-order chi connectivity index (χ1) is 10.4. The lowest BCUT2D eigenvalue weighted by molar-refractivity contribution is -0.143. The maximum atomic E-state index is 11.4. The molecule has 1 aromatic heterocycles. The zero-order valence-electron chi connectivity index (χ0n) is 12.2. The third-order valence-corrected chi connectivity index (χ3v) is 2.99. The Labute approximate surface area is 136 Å². The molecule has 0 saturated heterocycles. The van der Waals surface area contributed by atoms with Gasteiger partial charge in [0.15, 0.2) is 11.3 Å². The van der Waals surface area contributed by atoms with E-state index in [1.807, 2.05) is 13.8 Å². The molecule has 7 nitrogen and oxygen atoms in total. The van der Waals surface area contributed by atoms with Crippen LogP contribution in [0.25, 0.3) is 6.08 Å². The van der Waals surface area contributed by atoms with Crippen molar-refractivity contribution >= 4 is 39.9 Å². The minimum absolute atomic E-state index is 0.0501. The van der Waals surface area contributed by atoms with Crippen LogP contribution in [0.3, 0.4) is 0 Å². The van der Waals surface area contributed by atoms with Crippen molar-refractivity contribution in [3.05, 3.63) is 28.6 Å². The summed E-state index contributed by atoms with van der Waals surface area (Å²) in [6, 6.07) is 2.66. The van der Waals surface area contributed by atoms with E-state index >= 15 is 0 Å². The van der Waals surface area contributed by atoms with E-state index in [0.29, 0.717) is 10.4 Å². The predicted octanol–water partition coefficient (Wildman–Crippen LogP) is 2.22. The molecule has 22 heavy (non-hydrogen) atoms. The van der Waals surface area contributed by atoms with Crippen LogP contribution in [0.1, 0.15) is 26.0 Å². The SMILES string of the molecule is CC[C@H](C)NC(=O)NC(=O)COC(=O)/C=C/c1ccc(Br)o1. The summed E-state index contributed by atoms with van der Waals surface area (Å²) in [7, 11) is 0. The summed E-state index contributed by atoms with van der Waals surface area (Å²) in [6.45, 7) is 3.17. The topological polar surface area (TPSA) is 97.6 Å². The Bertz CT molecular complexity index is 567. The first kappa shape index (κ1) is 18.0. The van der Waals surface area contributed by atoms with Gasteiger partial charge in [-0.25, -0.2) is 9.59 Å². The van der Waals surface area contributed by atoms with Gasteiger partial charge in [0.25, 0.3) is 5.91 Å². The van der Waals surface area contributed by atoms with Gasteiger partial charge in [-0.15, -0.1) is 0 Å². The molecule has 0 aliphatic heterocycles. The molecule has 1 rings (SSSR count). The smallest absolute Gasteiger partial charge is 0.331 e. The summed E-state index contributed by atoms with van der Waals surface area (Å²) in [5.41, 5.74) is 0. The highest BCUT2D eigenvalue weighted by Gasteiger charge is 2.11. The number of halogens is 1. The normalized spacial score (nSPS) is 12.0. The van der Waals surface area contributed by atoms with Gasteiger partial charge in [-0.3, -0.25) is 10.1 Å². The molecule has 0 aliphatic rings. The van der Waals surface area contributed by atoms with Crippen LogP contribution in [-0.2, 0) is 14.3 Å². The largest absolute Gasteiger partial charge is 0.452 e. The number of nitrogens with one attached hydrogen (secondary N) is 2. The number of furan rings is 1. The molecule has 0 saturated carbocycles. The van der Waals surface area contributed by atoms with Gasteiger partial charge in [0.1, 0.15) is 5.76 Å². The van der Waals surface area contributed by atoms with Gasteiger partial charge < -0.3 is 14.5 Å². The molecule has 0 spiro atoms. The zero-order chi connectivity index (χ0) is 16.5. The van der Waals surface area contributed by atoms with Gasteiger partial charge in [-0.05, 0) is 47.5 Å². The number of rotatable bonds is 6. The highest BCUT2D eigenvalue weighted by atomic mass is 79.9. The van der Waals surface area contributed by atoms with E-state index in [0.717, 1.165) is 12.5 Å². The molecule has 1 heterocycles. The quantitative estimate of drug-likeness (QED) is 0.589. The lowest BCUT2D eigenvalue weighted by Crippen LogP contribution is -2.44. The van der Waals surface area contributed by atoms with E-state index in [1.54, 1.807) is 12.1 Å². The number of carbonyl (C=O) groups is 3. The second-order valence-corrected chi connectivity index (χ2v) is 5.20. The van der Waals surface area contributed by atoms with Crippen LogP contribution < -0.4 is 10.6 Å². The van der Waals surface area contributed by atoms with Crippen LogP contribution in [-0.4, -0.2) is 30.6 Å². The molecule has 0 bridgehead atoms. The van der Waals surface area contributed by atoms with E-state index in [4.69, 9.17) is 9.15 Å². The zero-order valence-corrected chi connectivity index (χ0v) is 13.8. The van der Waals surface area contributed by atoms with Gasteiger partial charge in [0.2, 0.25) is 0 Å². The van der Waals surface area contributed by atoms with Crippen molar-refractivity contribution in [3.8, 4) is 0 Å². The van der Waals surface area contributed by atoms with E-state index in [2.05, 4.69) is 26.6 Å². The Morgan fingerprint density at radius 1 is 1.41 bits per heavy atom. The second-order valence-electron chi connectivity index (χ2n) is 4.41. The molecule has 120 valence electrons. The van der Waals surface area contributed by atoms with Crippen LogP contribution >= 0.6 is 15.9 Å². The molecule has 2 N–H and O–H groups in total. The Hall–Kier alpha value is -2.09. The van der Waals surface area contributed by atoms with Gasteiger partial charge in [0.05, 0.1) is 0 Å². The third-order valence-electron chi connectivity index (χ3n) is 2.57. The van der Waals surface area contributed by atoms with Gasteiger partial charge in [0, 0.05) is 12.1 Å². The van der Waals surface area contributed by atoms with Gasteiger partial charge in [-0.1, -0.05) is 6.92 Å². The number of carbonyl (C=O) groups excluding carboxylic acids is 3. The maximum Gasteiger partial charge on any atom is 0.331 e. The average Bonchev–Trinajstić information content (AvgIpc) is 2.88. The lowest BCUT2D eigenvalue weighted by atomic mass is 10.3. The van der Waals surface area contributed by atoms with Gasteiger partial charge >= 0.3 is 12.0 Å². The first-order valence-corrected chi connectivity index (χ1v) is 7.40. The summed E-state index contributed by atoms with van der Waals surface area (Å²) in [4.78, 5) is 34.2. The number of amides is 3. The molecule has 0 unspecified atom stereocenters. The number of imide groups is 1. The summed E-state index contributed by atoms with van der Waals surface area (Å²) in [6.07, 6.45) is 3.27. The van der Waals surface area contributed by atoms with E-state index in [1.165, 1.54) is 6.08 Å². The molecule has 0 fully saturated rings. The minimum Gasteiger partial charge on any atom is -0.452 e. The molecule has 8 heteroatoms. The highest BCUT2D eigenvalue weighted by molar-refractivity contribution is 9.10. The molecule has 1 atom stereocenters. The lowest BCUT2D eigenvalue weighted by Gasteiger charge is -2.11. The molecule has 1 aromatic rings. The van der Waals surface area contributed by atoms with Crippen molar-refractivity contribution < 1.29 is 23.5 Å². The molecule has 3 amide bonds. The van der Waals surface area contributed by atoms with E-state index in [-0.39, 0.29) is 6.04 Å². The average molecular weight is 373 g/mol. The monoisotopic (exact) mass is 372 g/mol. The van der Waals surface area contributed by atoms with Crippen molar-refractivity contribution in [1.29, 1.82) is 0 Å². The number of urea groups is 1. The summed E-state index contributed by atoms with van der Waals surface area (Å²) in [5.74, 6) is -0.963. The minimum atomic E-state index is -0.718. The molecule has 0 aliphatic carbocycles. The van der Waals surface area contributed by atoms with Gasteiger partial charge in [-0.2, -0.15) is 0 Å². The molecule has 0 aromatic carbocycles. The highest BCUT2D eigenvalue weighted by Crippen LogP contribution is 2.14. The van der Waals surface area contributed by atoms with E-state index < -0.39 is 24.5 Å². The van der Waals surface area contributed by atoms with Crippen LogP contribution in [0, 0.1) is 0 Å². The van der Waals surface area contributed by atoms with Crippen molar-refractivity contribution in [1.82, 2.24) is 10.6 Å². The van der Waals surface area contributed by atoms with Crippen molar-refractivity contribution in [2.45, 2.75) is 26.3 Å². The van der Waals surface area contributed by atoms with Crippen LogP contribution in [0.4, 0.5) is 4.79 Å². The fraction of sp³-hybridized carbons (Fsp3) is 0.357. The van der Waals surface area contributed by atoms with Crippen LogP contribution in [0.15, 0.2) is 27.3 Å². The second kappa shape index (κ2) is 9.04. The third kappa shape index (κ3) is 7.07. The standard InChI is InChI=1S/C14H17BrN2O5/c1-3-9(2)16-14(20)17-12(18)8-21-13(19)7-5-10-4-6-11(15)22-10/h4-7,9H,3,8H2,1-2H3,(H2,16,17,18,20)/b7-5+/t9-/m0/s1. The van der Waals surface area contributed by atoms with Crippen molar-refractivity contribution in [2.75, 3.05) is 6.61 Å². The van der Waals surface area contributed by atoms with E-state index in [9.17, 15) is 14.4 Å². The Kier molecular flexibility index (Phi) is 7.38. The maximum absolute atomic E-state index is 11.4. The first-order valence-electron chi connectivity index (χ1n) is 6.61. The Morgan fingerprint density at radius 3 is 2.73 bits per heavy atom. The summed E-state index contributed by atoms with van der Waals surface area (Å²) >= 11 is 3.13. The Morgan fingerprint density at radius 2 is 2.14 bits per heavy atom. The molecular weight excluding hydrogens is 356 g/mol. The predicted molar refractivity (Wildman–Crippen MR) is 82.8 cm³/mol. The van der Waals surface area contributed by atoms with Crippen LogP contribution in [0.2, 0.25) is 0 Å². The van der Waals surface area contributed by atoms with Crippen LogP contribution in [0.5, 0.6) is 0 Å². The fourth-order valence-electron chi connectivity index (χ4n) is 1.28. The number of ether oxygens (including phenoxy) is 1.